The van der Waals surface area contributed by atoms with Gasteiger partial charge in [-0.25, -0.2) is 0 Å². The molecule has 0 atom stereocenters. The van der Waals surface area contributed by atoms with E-state index in [1.165, 1.54) is 5.56 Å². The average molecular weight is 340 g/mol. The number of likely N-dealkylation sites (N-methyl/N-ethyl adjacent to an activating group) is 1. The van der Waals surface area contributed by atoms with E-state index in [2.05, 4.69) is 82.3 Å². The highest BCUT2D eigenvalue weighted by Crippen LogP contribution is 2.24. The third kappa shape index (κ3) is 4.45. The Labute approximate surface area is 150 Å². The number of nitrogens with zero attached hydrogens (tertiary/aromatic N) is 5. The van der Waals surface area contributed by atoms with Gasteiger partial charge in [-0.2, -0.15) is 10.1 Å². The Morgan fingerprint density at radius 1 is 1.04 bits per heavy atom. The van der Waals surface area contributed by atoms with E-state index in [-0.39, 0.29) is 5.41 Å². The van der Waals surface area contributed by atoms with Crippen LogP contribution in [0.3, 0.4) is 0 Å². The second-order valence-corrected chi connectivity index (χ2v) is 7.51. The minimum atomic E-state index is 0.150. The Morgan fingerprint density at radius 3 is 2.32 bits per heavy atom. The van der Waals surface area contributed by atoms with Gasteiger partial charge in [0.25, 0.3) is 0 Å². The van der Waals surface area contributed by atoms with Crippen molar-refractivity contribution in [3.05, 3.63) is 36.0 Å². The number of aromatic nitrogens is 3. The number of hydrogen-bond donors (Lipinski definition) is 1. The van der Waals surface area contributed by atoms with E-state index in [1.807, 2.05) is 0 Å². The molecule has 1 aliphatic rings. The normalized spacial score (nSPS) is 16.1. The fraction of sp³-hybridized carbons (Fsp3) is 0.526. The van der Waals surface area contributed by atoms with Gasteiger partial charge in [0.05, 0.1) is 6.20 Å². The molecule has 0 bridgehead atoms. The van der Waals surface area contributed by atoms with E-state index < -0.39 is 0 Å². The first-order chi connectivity index (χ1) is 12.0. The average Bonchev–Trinajstić information content (AvgIpc) is 2.62. The predicted octanol–water partition coefficient (Wildman–Crippen LogP) is 3.05. The molecule has 6 nitrogen and oxygen atoms in total. The SMILES string of the molecule is CCN1CCN(c2cnnc(Nc3ccc(C(C)(C)C)cc3)n2)CC1. The van der Waals surface area contributed by atoms with Gasteiger partial charge in [0.2, 0.25) is 5.95 Å². The molecule has 134 valence electrons. The maximum Gasteiger partial charge on any atom is 0.249 e. The van der Waals surface area contributed by atoms with Gasteiger partial charge < -0.3 is 15.1 Å². The van der Waals surface area contributed by atoms with E-state index in [9.17, 15) is 0 Å². The molecule has 2 aromatic rings. The van der Waals surface area contributed by atoms with Gasteiger partial charge in [0.1, 0.15) is 0 Å². The Bertz CT molecular complexity index is 684. The molecule has 0 amide bonds. The number of benzene rings is 1. The van der Waals surface area contributed by atoms with Crippen LogP contribution in [-0.2, 0) is 5.41 Å². The van der Waals surface area contributed by atoms with Crippen LogP contribution in [0.2, 0.25) is 0 Å². The van der Waals surface area contributed by atoms with E-state index >= 15 is 0 Å². The van der Waals surface area contributed by atoms with Crippen molar-refractivity contribution in [3.8, 4) is 0 Å². The molecule has 1 N–H and O–H groups in total. The van der Waals surface area contributed by atoms with Crippen molar-refractivity contribution in [2.75, 3.05) is 42.9 Å². The lowest BCUT2D eigenvalue weighted by Gasteiger charge is -2.34. The zero-order valence-corrected chi connectivity index (χ0v) is 15.7. The van der Waals surface area contributed by atoms with Gasteiger partial charge >= 0.3 is 0 Å². The van der Waals surface area contributed by atoms with Crippen molar-refractivity contribution >= 4 is 17.5 Å². The van der Waals surface area contributed by atoms with Crippen molar-refractivity contribution in [2.24, 2.45) is 0 Å². The van der Waals surface area contributed by atoms with Gasteiger partial charge in [-0.1, -0.05) is 39.8 Å². The number of piperazine rings is 1. The van der Waals surface area contributed by atoms with Crippen molar-refractivity contribution in [2.45, 2.75) is 33.1 Å². The minimum Gasteiger partial charge on any atom is -0.353 e. The summed E-state index contributed by atoms with van der Waals surface area (Å²) in [7, 11) is 0. The molecule has 0 saturated carbocycles. The van der Waals surface area contributed by atoms with Crippen molar-refractivity contribution in [1.29, 1.82) is 0 Å². The highest BCUT2D eigenvalue weighted by molar-refractivity contribution is 5.55. The quantitative estimate of drug-likeness (QED) is 0.923. The zero-order valence-electron chi connectivity index (χ0n) is 15.7. The number of rotatable bonds is 4. The smallest absolute Gasteiger partial charge is 0.249 e. The summed E-state index contributed by atoms with van der Waals surface area (Å²) in [6, 6.07) is 8.42. The summed E-state index contributed by atoms with van der Waals surface area (Å²) in [4.78, 5) is 9.35. The van der Waals surface area contributed by atoms with Crippen LogP contribution in [0.15, 0.2) is 30.5 Å². The van der Waals surface area contributed by atoms with Gasteiger partial charge in [-0.05, 0) is 29.7 Å². The predicted molar refractivity (Wildman–Crippen MR) is 103 cm³/mol. The summed E-state index contributed by atoms with van der Waals surface area (Å²) in [5, 5.41) is 11.5. The molecule has 6 heteroatoms. The Balaban J connectivity index is 1.68. The first kappa shape index (κ1) is 17.6. The lowest BCUT2D eigenvalue weighted by molar-refractivity contribution is 0.270. The molecule has 0 aliphatic carbocycles. The second kappa shape index (κ2) is 7.35. The summed E-state index contributed by atoms with van der Waals surface area (Å²) in [6.07, 6.45) is 1.75. The van der Waals surface area contributed by atoms with Gasteiger partial charge in [-0.15, -0.1) is 5.10 Å². The summed E-state index contributed by atoms with van der Waals surface area (Å²) < 4.78 is 0. The third-order valence-corrected chi connectivity index (χ3v) is 4.70. The number of anilines is 3. The fourth-order valence-electron chi connectivity index (χ4n) is 2.98. The highest BCUT2D eigenvalue weighted by atomic mass is 15.3. The van der Waals surface area contributed by atoms with Gasteiger partial charge in [-0.3, -0.25) is 0 Å². The largest absolute Gasteiger partial charge is 0.353 e. The summed E-state index contributed by atoms with van der Waals surface area (Å²) in [5.41, 5.74) is 2.43. The third-order valence-electron chi connectivity index (χ3n) is 4.70. The maximum atomic E-state index is 4.64. The van der Waals surface area contributed by atoms with Crippen LogP contribution in [0.1, 0.15) is 33.3 Å². The molecular formula is C19H28N6. The van der Waals surface area contributed by atoms with Crippen LogP contribution in [0.25, 0.3) is 0 Å². The fourth-order valence-corrected chi connectivity index (χ4v) is 2.98. The van der Waals surface area contributed by atoms with Crippen molar-refractivity contribution in [3.63, 3.8) is 0 Å². The number of hydrogen-bond acceptors (Lipinski definition) is 6. The van der Waals surface area contributed by atoms with Crippen LogP contribution in [0.4, 0.5) is 17.5 Å². The summed E-state index contributed by atoms with van der Waals surface area (Å²) >= 11 is 0. The maximum absolute atomic E-state index is 4.64. The molecular weight excluding hydrogens is 312 g/mol. The molecule has 1 fully saturated rings. The molecule has 25 heavy (non-hydrogen) atoms. The topological polar surface area (TPSA) is 57.2 Å². The standard InChI is InChI=1S/C19H28N6/c1-5-24-10-12-25(13-11-24)17-14-20-23-18(22-17)21-16-8-6-15(7-9-16)19(2,3)4/h6-9,14H,5,10-13H2,1-4H3,(H,21,22,23). The zero-order chi connectivity index (χ0) is 17.9. The molecule has 3 rings (SSSR count). The van der Waals surface area contributed by atoms with Gasteiger partial charge in [0.15, 0.2) is 5.82 Å². The lowest BCUT2D eigenvalue weighted by atomic mass is 9.87. The summed E-state index contributed by atoms with van der Waals surface area (Å²) in [6.45, 7) is 14.0. The molecule has 2 heterocycles. The van der Waals surface area contributed by atoms with Crippen LogP contribution in [0, 0.1) is 0 Å². The first-order valence-corrected chi connectivity index (χ1v) is 9.00. The van der Waals surface area contributed by atoms with E-state index in [4.69, 9.17) is 0 Å². The second-order valence-electron chi connectivity index (χ2n) is 7.51. The molecule has 0 unspecified atom stereocenters. The van der Waals surface area contributed by atoms with E-state index in [0.29, 0.717) is 5.95 Å². The summed E-state index contributed by atoms with van der Waals surface area (Å²) in [5.74, 6) is 1.43. The van der Waals surface area contributed by atoms with Crippen LogP contribution in [-0.4, -0.2) is 52.8 Å². The van der Waals surface area contributed by atoms with E-state index in [1.54, 1.807) is 6.20 Å². The van der Waals surface area contributed by atoms with E-state index in [0.717, 1.165) is 44.2 Å². The highest BCUT2D eigenvalue weighted by Gasteiger charge is 2.18. The van der Waals surface area contributed by atoms with Gasteiger partial charge in [0, 0.05) is 31.9 Å². The Morgan fingerprint density at radius 2 is 1.72 bits per heavy atom. The molecule has 0 spiro atoms. The van der Waals surface area contributed by atoms with Crippen LogP contribution in [0.5, 0.6) is 0 Å². The monoisotopic (exact) mass is 340 g/mol. The Hall–Kier alpha value is -2.21. The molecule has 1 aromatic carbocycles. The lowest BCUT2D eigenvalue weighted by Crippen LogP contribution is -2.46. The first-order valence-electron chi connectivity index (χ1n) is 9.00. The Kier molecular flexibility index (Phi) is 5.18. The molecule has 0 radical (unpaired) electrons. The van der Waals surface area contributed by atoms with Crippen molar-refractivity contribution < 1.29 is 0 Å². The molecule has 1 saturated heterocycles. The minimum absolute atomic E-state index is 0.150. The molecule has 1 aliphatic heterocycles. The van der Waals surface area contributed by atoms with Crippen LogP contribution >= 0.6 is 0 Å². The number of nitrogens with one attached hydrogen (secondary N) is 1. The van der Waals surface area contributed by atoms with Crippen molar-refractivity contribution in [1.82, 2.24) is 20.1 Å². The van der Waals surface area contributed by atoms with Crippen LogP contribution < -0.4 is 10.2 Å². The molecule has 1 aromatic heterocycles.